The Kier molecular flexibility index (Phi) is 9.70. The zero-order valence-corrected chi connectivity index (χ0v) is 41.2. The number of para-hydroxylation sites is 3. The third-order valence-corrected chi connectivity index (χ3v) is 16.9. The molecular weight excluding hydrogens is 913 g/mol. The molecule has 0 atom stereocenters. The second-order valence-electron chi connectivity index (χ2n) is 19.5. The first-order chi connectivity index (χ1) is 36.7. The molecule has 0 bridgehead atoms. The van der Waals surface area contributed by atoms with Crippen molar-refractivity contribution in [3.63, 3.8) is 0 Å². The fraction of sp³-hybridized carbons (Fsp3) is 0.0141. The molecule has 0 radical (unpaired) electrons. The summed E-state index contributed by atoms with van der Waals surface area (Å²) in [6, 6.07) is 103. The maximum atomic E-state index is 2.47. The van der Waals surface area contributed by atoms with Gasteiger partial charge in [-0.15, -0.1) is 11.3 Å². The monoisotopic (exact) mass is 958 g/mol. The molecule has 12 aromatic carbocycles. The number of benzene rings is 12. The van der Waals surface area contributed by atoms with Crippen LogP contribution >= 0.6 is 11.3 Å². The van der Waals surface area contributed by atoms with Crippen LogP contribution in [0.2, 0.25) is 0 Å². The van der Waals surface area contributed by atoms with Gasteiger partial charge >= 0.3 is 0 Å². The predicted octanol–water partition coefficient (Wildman–Crippen LogP) is 19.5. The van der Waals surface area contributed by atoms with Gasteiger partial charge in [0.25, 0.3) is 0 Å². The number of thiophene rings is 1. The highest BCUT2D eigenvalue weighted by atomic mass is 32.1. The Balaban J connectivity index is 0.888. The summed E-state index contributed by atoms with van der Waals surface area (Å²) in [7, 11) is 0. The number of nitrogens with zero attached hydrogens (tertiary/aromatic N) is 2. The molecule has 0 spiro atoms. The van der Waals surface area contributed by atoms with Gasteiger partial charge in [0.05, 0.1) is 22.1 Å². The minimum Gasteiger partial charge on any atom is -0.310 e. The van der Waals surface area contributed by atoms with E-state index in [-0.39, 0.29) is 0 Å². The largest absolute Gasteiger partial charge is 0.310 e. The first-order valence-corrected chi connectivity index (χ1v) is 26.3. The van der Waals surface area contributed by atoms with E-state index in [0.717, 1.165) is 28.3 Å². The van der Waals surface area contributed by atoms with Gasteiger partial charge in [-0.25, -0.2) is 0 Å². The van der Waals surface area contributed by atoms with Crippen molar-refractivity contribution in [3.8, 4) is 39.1 Å². The van der Waals surface area contributed by atoms with Gasteiger partial charge in [-0.2, -0.15) is 0 Å². The summed E-state index contributed by atoms with van der Waals surface area (Å²) in [5.41, 5.74) is 18.6. The van der Waals surface area contributed by atoms with Crippen LogP contribution in [-0.2, 0) is 5.41 Å². The lowest BCUT2D eigenvalue weighted by atomic mass is 9.67. The molecule has 0 N–H and O–H groups in total. The van der Waals surface area contributed by atoms with Gasteiger partial charge in [0, 0.05) is 53.6 Å². The Labute approximate surface area is 433 Å². The summed E-state index contributed by atoms with van der Waals surface area (Å²) in [6.07, 6.45) is 0. The number of fused-ring (bicyclic) bond motifs is 11. The Hall–Kier alpha value is -9.28. The van der Waals surface area contributed by atoms with Crippen LogP contribution in [0.3, 0.4) is 0 Å². The molecule has 14 aromatic rings. The maximum Gasteiger partial charge on any atom is 0.0714 e. The van der Waals surface area contributed by atoms with E-state index in [9.17, 15) is 0 Å². The number of hydrogen-bond donors (Lipinski definition) is 0. The van der Waals surface area contributed by atoms with Crippen molar-refractivity contribution in [3.05, 3.63) is 301 Å². The van der Waals surface area contributed by atoms with Gasteiger partial charge in [0.2, 0.25) is 0 Å². The van der Waals surface area contributed by atoms with E-state index in [0.29, 0.717) is 0 Å². The minimum atomic E-state index is -0.530. The van der Waals surface area contributed by atoms with Crippen LogP contribution in [0.1, 0.15) is 22.3 Å². The van der Waals surface area contributed by atoms with Crippen LogP contribution in [-0.4, -0.2) is 4.57 Å². The van der Waals surface area contributed by atoms with Crippen molar-refractivity contribution in [1.82, 2.24) is 4.57 Å². The molecule has 1 aliphatic carbocycles. The zero-order chi connectivity index (χ0) is 48.7. The van der Waals surface area contributed by atoms with Gasteiger partial charge in [-0.05, 0) is 122 Å². The van der Waals surface area contributed by atoms with Crippen molar-refractivity contribution in [2.24, 2.45) is 0 Å². The lowest BCUT2D eigenvalue weighted by Gasteiger charge is -2.35. The Morgan fingerprint density at radius 1 is 0.324 bits per heavy atom. The molecule has 1 aliphatic rings. The summed E-state index contributed by atoms with van der Waals surface area (Å²) in [5, 5.41) is 7.74. The van der Waals surface area contributed by atoms with E-state index in [1.54, 1.807) is 0 Å². The van der Waals surface area contributed by atoms with Crippen LogP contribution in [0.4, 0.5) is 17.1 Å². The Morgan fingerprint density at radius 3 is 1.55 bits per heavy atom. The topological polar surface area (TPSA) is 8.17 Å². The van der Waals surface area contributed by atoms with E-state index < -0.39 is 5.41 Å². The molecular formula is C71H46N2S. The van der Waals surface area contributed by atoms with Crippen LogP contribution < -0.4 is 4.90 Å². The van der Waals surface area contributed by atoms with Crippen molar-refractivity contribution in [2.75, 3.05) is 4.90 Å². The molecule has 0 aliphatic heterocycles. The average Bonchev–Trinajstić information content (AvgIpc) is 4.16. The van der Waals surface area contributed by atoms with Crippen molar-refractivity contribution >= 4 is 81.1 Å². The van der Waals surface area contributed by atoms with Crippen molar-refractivity contribution in [1.29, 1.82) is 0 Å². The highest BCUT2D eigenvalue weighted by molar-refractivity contribution is 7.26. The standard InChI is InChI=1S/C71H46N2S/c1-3-18-51(19-4-1)71(52-20-5-2-6-21-52)64-27-13-9-24-58(64)59-44-41-55(46-65(59)71)72(53-37-31-47(32-38-53)50-36-42-62-63-43-35-48-17-7-8-23-57(48)70(63)74-69(62)45-50)54-39-33-49(34-40-54)56-22-10-14-28-66(56)73-67-29-15-11-25-60(67)61-26-12-16-30-68(61)73/h1-46H. The smallest absolute Gasteiger partial charge is 0.0714 e. The molecule has 2 nitrogen and oxygen atoms in total. The SMILES string of the molecule is c1ccc(C2(c3ccccc3)c3ccccc3-c3ccc(N(c4ccc(-c5ccc6c(c5)sc5c7ccccc7ccc65)cc4)c4ccc(-c5ccccc5-n5c6ccccc6c6ccccc65)cc4)cc32)cc1. The minimum absolute atomic E-state index is 0.530. The second-order valence-corrected chi connectivity index (χ2v) is 20.6. The molecule has 15 rings (SSSR count). The molecule has 2 aromatic heterocycles. The van der Waals surface area contributed by atoms with Crippen LogP contribution in [0.15, 0.2) is 279 Å². The number of hydrogen-bond acceptors (Lipinski definition) is 2. The zero-order valence-electron chi connectivity index (χ0n) is 40.4. The van der Waals surface area contributed by atoms with Gasteiger partial charge in [-0.1, -0.05) is 218 Å². The first-order valence-electron chi connectivity index (χ1n) is 25.5. The fourth-order valence-corrected chi connectivity index (χ4v) is 13.7. The van der Waals surface area contributed by atoms with E-state index >= 15 is 0 Å². The predicted molar refractivity (Wildman–Crippen MR) is 314 cm³/mol. The van der Waals surface area contributed by atoms with Gasteiger partial charge in [0.1, 0.15) is 0 Å². The van der Waals surface area contributed by atoms with Gasteiger partial charge in [0.15, 0.2) is 0 Å². The van der Waals surface area contributed by atoms with Crippen molar-refractivity contribution in [2.45, 2.75) is 5.41 Å². The van der Waals surface area contributed by atoms with Crippen molar-refractivity contribution < 1.29 is 0 Å². The fourth-order valence-electron chi connectivity index (χ4n) is 12.4. The van der Waals surface area contributed by atoms with Gasteiger partial charge in [-0.3, -0.25) is 0 Å². The summed E-state index contributed by atoms with van der Waals surface area (Å²) in [5.74, 6) is 0. The van der Waals surface area contributed by atoms with E-state index in [2.05, 4.69) is 289 Å². The maximum absolute atomic E-state index is 2.47. The molecule has 0 amide bonds. The first kappa shape index (κ1) is 42.4. The number of anilines is 3. The molecule has 0 fully saturated rings. The van der Waals surface area contributed by atoms with Crippen LogP contribution in [0.25, 0.3) is 91.8 Å². The summed E-state index contributed by atoms with van der Waals surface area (Å²) < 4.78 is 5.08. The second kappa shape index (κ2) is 16.9. The molecule has 2 heterocycles. The Morgan fingerprint density at radius 2 is 0.851 bits per heavy atom. The molecule has 74 heavy (non-hydrogen) atoms. The van der Waals surface area contributed by atoms with Gasteiger partial charge < -0.3 is 9.47 Å². The molecule has 0 unspecified atom stereocenters. The summed E-state index contributed by atoms with van der Waals surface area (Å²) >= 11 is 1.89. The number of rotatable bonds is 8. The highest BCUT2D eigenvalue weighted by Gasteiger charge is 2.46. The van der Waals surface area contributed by atoms with Crippen LogP contribution in [0, 0.1) is 0 Å². The molecule has 3 heteroatoms. The van der Waals surface area contributed by atoms with Crippen LogP contribution in [0.5, 0.6) is 0 Å². The number of aromatic nitrogens is 1. The molecule has 0 saturated carbocycles. The quantitative estimate of drug-likeness (QED) is 0.147. The normalized spacial score (nSPS) is 12.7. The molecule has 0 saturated heterocycles. The lowest BCUT2D eigenvalue weighted by molar-refractivity contribution is 0.768. The van der Waals surface area contributed by atoms with E-state index in [1.165, 1.54) is 103 Å². The summed E-state index contributed by atoms with van der Waals surface area (Å²) in [4.78, 5) is 2.44. The van der Waals surface area contributed by atoms with E-state index in [1.807, 2.05) is 11.3 Å². The van der Waals surface area contributed by atoms with E-state index in [4.69, 9.17) is 0 Å². The third kappa shape index (κ3) is 6.43. The lowest BCUT2D eigenvalue weighted by Crippen LogP contribution is -2.28. The summed E-state index contributed by atoms with van der Waals surface area (Å²) in [6.45, 7) is 0. The highest BCUT2D eigenvalue weighted by Crippen LogP contribution is 2.57. The average molecular weight is 959 g/mol. The third-order valence-electron chi connectivity index (χ3n) is 15.7. The molecule has 346 valence electrons. The Bertz CT molecular complexity index is 4380.